The molecule has 1 aromatic carbocycles. The van der Waals surface area contributed by atoms with Gasteiger partial charge in [0, 0.05) is 41.8 Å². The summed E-state index contributed by atoms with van der Waals surface area (Å²) in [6, 6.07) is 11.9. The smallest absolute Gasteiger partial charge is 0.307 e. The lowest BCUT2D eigenvalue weighted by Crippen LogP contribution is -2.09. The Hall–Kier alpha value is -3.46. The minimum Gasteiger partial charge on any atom is -0.481 e. The monoisotopic (exact) mass is 522 g/mol. The summed E-state index contributed by atoms with van der Waals surface area (Å²) in [6.07, 6.45) is 4.19. The second-order valence-electron chi connectivity index (χ2n) is 10.0. The van der Waals surface area contributed by atoms with Crippen LogP contribution >= 0.6 is 0 Å². The Balaban J connectivity index is 1.23. The van der Waals surface area contributed by atoms with Crippen LogP contribution in [0.2, 0.25) is 0 Å². The van der Waals surface area contributed by atoms with Gasteiger partial charge in [-0.05, 0) is 66.5 Å². The maximum absolute atomic E-state index is 11.3. The Labute approximate surface area is 216 Å². The number of fused-ring (bicyclic) bond motifs is 3. The van der Waals surface area contributed by atoms with Crippen LogP contribution in [0.25, 0.3) is 11.1 Å². The molecule has 3 atom stereocenters. The third-order valence-electron chi connectivity index (χ3n) is 7.15. The van der Waals surface area contributed by atoms with E-state index in [0.717, 1.165) is 45.5 Å². The molecule has 194 valence electrons. The molecular formula is C28H30N2O6S. The number of pyridine rings is 2. The lowest BCUT2D eigenvalue weighted by molar-refractivity contribution is -0.139. The first-order valence-electron chi connectivity index (χ1n) is 12.3. The quantitative estimate of drug-likeness (QED) is 0.395. The Morgan fingerprint density at radius 3 is 2.68 bits per heavy atom. The zero-order valence-electron chi connectivity index (χ0n) is 21.1. The Morgan fingerprint density at radius 1 is 1.14 bits per heavy atom. The number of carbonyl (C=O) groups is 1. The second kappa shape index (κ2) is 9.78. The van der Waals surface area contributed by atoms with Gasteiger partial charge in [-0.3, -0.25) is 4.79 Å². The number of sulfone groups is 1. The normalized spacial score (nSPS) is 19.7. The highest BCUT2D eigenvalue weighted by Gasteiger charge is 2.59. The van der Waals surface area contributed by atoms with Gasteiger partial charge in [-0.15, -0.1) is 0 Å². The topological polar surface area (TPSA) is 116 Å². The molecule has 0 aliphatic heterocycles. The van der Waals surface area contributed by atoms with Crippen molar-refractivity contribution >= 4 is 15.8 Å². The van der Waals surface area contributed by atoms with Crippen LogP contribution < -0.4 is 9.47 Å². The molecule has 2 aliphatic rings. The van der Waals surface area contributed by atoms with Crippen molar-refractivity contribution in [3.05, 3.63) is 70.5 Å². The first-order chi connectivity index (χ1) is 17.6. The Kier molecular flexibility index (Phi) is 6.66. The van der Waals surface area contributed by atoms with E-state index >= 15 is 0 Å². The average molecular weight is 523 g/mol. The molecule has 3 unspecified atom stereocenters. The molecule has 0 saturated heterocycles. The first-order valence-corrected chi connectivity index (χ1v) is 14.4. The molecule has 3 aromatic rings. The predicted molar refractivity (Wildman–Crippen MR) is 139 cm³/mol. The van der Waals surface area contributed by atoms with Gasteiger partial charge in [0.25, 0.3) is 0 Å². The minimum absolute atomic E-state index is 0.0884. The molecule has 0 radical (unpaired) electrons. The van der Waals surface area contributed by atoms with E-state index in [0.29, 0.717) is 31.4 Å². The third-order valence-corrected chi connectivity index (χ3v) is 8.18. The second-order valence-corrected chi connectivity index (χ2v) is 12.3. The molecule has 0 spiro atoms. The van der Waals surface area contributed by atoms with E-state index < -0.39 is 15.8 Å². The van der Waals surface area contributed by atoms with E-state index in [9.17, 15) is 18.3 Å². The number of carboxylic acid groups (broad SMARTS) is 1. The van der Waals surface area contributed by atoms with Crippen LogP contribution in [-0.2, 0) is 27.7 Å². The fraction of sp³-hybridized carbons (Fsp3) is 0.393. The van der Waals surface area contributed by atoms with E-state index in [4.69, 9.17) is 9.47 Å². The number of carboxylic acids is 1. The van der Waals surface area contributed by atoms with Crippen LogP contribution in [0.15, 0.2) is 42.6 Å². The molecule has 0 bridgehead atoms. The van der Waals surface area contributed by atoms with Crippen molar-refractivity contribution in [3.63, 3.8) is 0 Å². The van der Waals surface area contributed by atoms with Crippen LogP contribution in [0, 0.1) is 25.7 Å². The number of hydrogen-bond acceptors (Lipinski definition) is 7. The van der Waals surface area contributed by atoms with Gasteiger partial charge in [-0.2, -0.15) is 0 Å². The summed E-state index contributed by atoms with van der Waals surface area (Å²) < 4.78 is 34.3. The highest BCUT2D eigenvalue weighted by molar-refractivity contribution is 7.90. The fourth-order valence-corrected chi connectivity index (χ4v) is 6.10. The molecule has 2 aliphatic carbocycles. The summed E-state index contributed by atoms with van der Waals surface area (Å²) in [4.78, 5) is 20.3. The number of rotatable bonds is 10. The molecule has 5 rings (SSSR count). The predicted octanol–water partition coefficient (Wildman–Crippen LogP) is 4.12. The number of hydrogen-bond donors (Lipinski definition) is 1. The lowest BCUT2D eigenvalue weighted by Gasteiger charge is -2.14. The molecular weight excluding hydrogens is 492 g/mol. The van der Waals surface area contributed by atoms with Crippen molar-refractivity contribution in [1.29, 1.82) is 0 Å². The van der Waals surface area contributed by atoms with E-state index in [1.807, 2.05) is 44.2 Å². The molecule has 37 heavy (non-hydrogen) atoms. The van der Waals surface area contributed by atoms with Gasteiger partial charge in [0.15, 0.2) is 0 Å². The van der Waals surface area contributed by atoms with E-state index in [2.05, 4.69) is 16.0 Å². The van der Waals surface area contributed by atoms with Crippen LogP contribution in [0.4, 0.5) is 0 Å². The summed E-state index contributed by atoms with van der Waals surface area (Å²) in [5.41, 5.74) is 7.07. The molecule has 2 aromatic heterocycles. The molecule has 9 heteroatoms. The zero-order chi connectivity index (χ0) is 26.3. The van der Waals surface area contributed by atoms with Crippen LogP contribution in [-0.4, -0.2) is 48.1 Å². The van der Waals surface area contributed by atoms with Crippen molar-refractivity contribution in [2.24, 2.45) is 11.8 Å². The summed E-state index contributed by atoms with van der Waals surface area (Å²) in [5, 5.41) is 9.30. The SMILES string of the molecule is Cc1cc(OCCCS(C)(=O)=O)nc(C)c1-c1cccc(COc2cc3c(cn2)C2C(C3)C2C(=O)O)c1. The van der Waals surface area contributed by atoms with Gasteiger partial charge in [0.1, 0.15) is 16.4 Å². The van der Waals surface area contributed by atoms with Crippen LogP contribution in [0.1, 0.15) is 40.3 Å². The maximum Gasteiger partial charge on any atom is 0.307 e. The van der Waals surface area contributed by atoms with Gasteiger partial charge in [-0.1, -0.05) is 18.2 Å². The van der Waals surface area contributed by atoms with E-state index in [1.54, 1.807) is 6.20 Å². The molecule has 1 N–H and O–H groups in total. The summed E-state index contributed by atoms with van der Waals surface area (Å²) in [5.74, 6) is 0.454. The molecule has 2 heterocycles. The molecule has 1 saturated carbocycles. The zero-order valence-corrected chi connectivity index (χ0v) is 21.9. The third kappa shape index (κ3) is 5.46. The van der Waals surface area contributed by atoms with Gasteiger partial charge in [-0.25, -0.2) is 18.4 Å². The van der Waals surface area contributed by atoms with E-state index in [1.165, 1.54) is 6.26 Å². The first kappa shape index (κ1) is 25.2. The average Bonchev–Trinajstić information content (AvgIpc) is 3.42. The van der Waals surface area contributed by atoms with Gasteiger partial charge >= 0.3 is 5.97 Å². The van der Waals surface area contributed by atoms with E-state index in [-0.39, 0.29) is 23.5 Å². The number of nitrogens with zero attached hydrogens (tertiary/aromatic N) is 2. The van der Waals surface area contributed by atoms with Crippen molar-refractivity contribution in [3.8, 4) is 22.9 Å². The maximum atomic E-state index is 11.3. The number of aromatic nitrogens is 2. The van der Waals surface area contributed by atoms with Crippen LogP contribution in [0.3, 0.4) is 0 Å². The standard InChI is InChI=1S/C28H30N2O6S/c1-16-10-24(35-8-5-9-37(3,33)34)30-17(2)25(16)19-7-4-6-18(11-19)15-36-23-13-20-12-21-26(22(20)14-29-23)27(21)28(31)32/h4,6-7,10-11,13-14,21,26-27H,5,8-9,12,15H2,1-3H3,(H,31,32). The van der Waals surface area contributed by atoms with Crippen molar-refractivity contribution in [1.82, 2.24) is 9.97 Å². The number of aryl methyl sites for hydroxylation is 2. The van der Waals surface area contributed by atoms with Gasteiger partial charge in [0.2, 0.25) is 11.8 Å². The lowest BCUT2D eigenvalue weighted by atomic mass is 9.98. The minimum atomic E-state index is -3.01. The van der Waals surface area contributed by atoms with Gasteiger partial charge < -0.3 is 14.6 Å². The van der Waals surface area contributed by atoms with Gasteiger partial charge in [0.05, 0.1) is 18.3 Å². The Bertz CT molecular complexity index is 1450. The largest absolute Gasteiger partial charge is 0.481 e. The Morgan fingerprint density at radius 2 is 1.95 bits per heavy atom. The molecule has 0 amide bonds. The number of aliphatic carboxylic acids is 1. The van der Waals surface area contributed by atoms with Crippen molar-refractivity contribution < 1.29 is 27.8 Å². The summed E-state index contributed by atoms with van der Waals surface area (Å²) >= 11 is 0. The highest BCUT2D eigenvalue weighted by Crippen LogP contribution is 2.61. The van der Waals surface area contributed by atoms with Crippen LogP contribution in [0.5, 0.6) is 11.8 Å². The van der Waals surface area contributed by atoms with Crippen molar-refractivity contribution in [2.45, 2.75) is 39.2 Å². The van der Waals surface area contributed by atoms with Crippen molar-refractivity contribution in [2.75, 3.05) is 18.6 Å². The fourth-order valence-electron chi connectivity index (χ4n) is 5.46. The highest BCUT2D eigenvalue weighted by atomic mass is 32.2. The number of ether oxygens (including phenoxy) is 2. The number of benzene rings is 1. The molecule has 1 fully saturated rings. The molecule has 8 nitrogen and oxygen atoms in total. The summed E-state index contributed by atoms with van der Waals surface area (Å²) in [6.45, 7) is 4.59. The summed E-state index contributed by atoms with van der Waals surface area (Å²) in [7, 11) is -3.01.